The number of aliphatic hydroxyl groups is 2. The van der Waals surface area contributed by atoms with Gasteiger partial charge in [0.15, 0.2) is 12.4 Å². The monoisotopic (exact) mass is 498 g/mol. The third kappa shape index (κ3) is 4.50. The Bertz CT molecular complexity index is 988. The summed E-state index contributed by atoms with van der Waals surface area (Å²) < 4.78 is 4.98. The van der Waals surface area contributed by atoms with Crippen molar-refractivity contribution in [1.29, 1.82) is 0 Å². The quantitative estimate of drug-likeness (QED) is 0.371. The normalized spacial score (nSPS) is 41.6. The molecular formula is C26H35NaO8. The standard InChI is InChI=1S/C26H34O8.Na.H/c1-14-10-16-17-7-9-26(33,20(29)13-34-22(32)5-4-21(30)31)25(17,3)12-19(28)23(16)24(2)8-6-15(27)11-18(14)24;;/h6,8,11,14,16-17,19,23,28,33H,4-5,7,9-10,12-13H2,1-3H3,(H,30,31);;/t14-,16-,17-,19-,23+,24-,25-,26-;;/m0../s1. The van der Waals surface area contributed by atoms with Crippen LogP contribution in [0.3, 0.4) is 0 Å². The SMILES string of the molecule is C[C@H]1C[C@@H]2[C@H]([C@@H](O)C[C@@]3(C)[C@H]2CC[C@]3(O)C(=O)COC(=O)CCC(=O)O)[C@@]2(C)C=CC(=O)C=C12.[NaH]. The van der Waals surface area contributed by atoms with Crippen LogP contribution in [0.5, 0.6) is 0 Å². The Morgan fingerprint density at radius 1 is 1.20 bits per heavy atom. The number of hydrogen-bond acceptors (Lipinski definition) is 7. The van der Waals surface area contributed by atoms with E-state index in [-0.39, 0.29) is 84.7 Å². The van der Waals surface area contributed by atoms with Crippen LogP contribution in [-0.4, -0.2) is 86.7 Å². The molecule has 8 atom stereocenters. The summed E-state index contributed by atoms with van der Waals surface area (Å²) in [7, 11) is 0. The molecule has 4 aliphatic rings. The fraction of sp³-hybridized carbons (Fsp3) is 0.692. The van der Waals surface area contributed by atoms with Gasteiger partial charge in [-0.25, -0.2) is 0 Å². The van der Waals surface area contributed by atoms with Gasteiger partial charge in [-0.2, -0.15) is 0 Å². The Balaban J connectivity index is 0.00000342. The number of aliphatic hydroxyl groups excluding tert-OH is 1. The van der Waals surface area contributed by atoms with Crippen molar-refractivity contribution in [3.63, 3.8) is 0 Å². The fourth-order valence-corrected chi connectivity index (χ4v) is 7.76. The van der Waals surface area contributed by atoms with Crippen LogP contribution in [0.25, 0.3) is 0 Å². The first-order chi connectivity index (χ1) is 15.8. The summed E-state index contributed by atoms with van der Waals surface area (Å²) in [5, 5.41) is 31.7. The van der Waals surface area contributed by atoms with Crippen molar-refractivity contribution in [2.24, 2.45) is 34.5 Å². The summed E-state index contributed by atoms with van der Waals surface area (Å²) in [6.07, 6.45) is 5.52. The summed E-state index contributed by atoms with van der Waals surface area (Å²) in [4.78, 5) is 47.7. The molecule has 0 radical (unpaired) electrons. The van der Waals surface area contributed by atoms with Gasteiger partial charge in [-0.3, -0.25) is 19.2 Å². The summed E-state index contributed by atoms with van der Waals surface area (Å²) >= 11 is 0. The van der Waals surface area contributed by atoms with E-state index in [1.165, 1.54) is 0 Å². The number of esters is 1. The maximum absolute atomic E-state index is 13.1. The molecule has 3 N–H and O–H groups in total. The molecule has 0 saturated heterocycles. The van der Waals surface area contributed by atoms with E-state index in [0.717, 1.165) is 12.0 Å². The number of ether oxygens (including phenoxy) is 1. The van der Waals surface area contributed by atoms with Crippen LogP contribution in [0, 0.1) is 34.5 Å². The number of carbonyl (C=O) groups excluding carboxylic acids is 3. The summed E-state index contributed by atoms with van der Waals surface area (Å²) in [6.45, 7) is 5.40. The molecular weight excluding hydrogens is 463 g/mol. The number of hydrogen-bond donors (Lipinski definition) is 3. The van der Waals surface area contributed by atoms with Gasteiger partial charge in [0.05, 0.1) is 18.9 Å². The minimum absolute atomic E-state index is 0. The molecule has 0 heterocycles. The summed E-state index contributed by atoms with van der Waals surface area (Å²) in [6, 6.07) is 0. The van der Waals surface area contributed by atoms with E-state index >= 15 is 0 Å². The molecule has 3 saturated carbocycles. The van der Waals surface area contributed by atoms with Crippen LogP contribution in [0.1, 0.15) is 59.3 Å². The molecule has 8 nitrogen and oxygen atoms in total. The molecule has 0 aliphatic heterocycles. The van der Waals surface area contributed by atoms with Crippen LogP contribution >= 0.6 is 0 Å². The van der Waals surface area contributed by atoms with E-state index in [1.807, 2.05) is 13.0 Å². The number of aliphatic carboxylic acids is 1. The van der Waals surface area contributed by atoms with Gasteiger partial charge in [0, 0.05) is 16.7 Å². The number of fused-ring (bicyclic) bond motifs is 5. The molecule has 0 aromatic carbocycles. The van der Waals surface area contributed by atoms with Crippen molar-refractivity contribution >= 4 is 53.1 Å². The summed E-state index contributed by atoms with van der Waals surface area (Å²) in [5.74, 6) is -2.51. The number of carbonyl (C=O) groups is 4. The zero-order valence-corrected chi connectivity index (χ0v) is 20.0. The topological polar surface area (TPSA) is 138 Å². The van der Waals surface area contributed by atoms with Crippen LogP contribution < -0.4 is 0 Å². The average Bonchev–Trinajstić information content (AvgIpc) is 3.03. The number of Topliss-reactive ketones (excluding diaryl/α,β-unsaturated/α-hetero) is 1. The third-order valence-corrected chi connectivity index (χ3v) is 9.34. The fourth-order valence-electron chi connectivity index (χ4n) is 7.76. The van der Waals surface area contributed by atoms with Gasteiger partial charge in [0.1, 0.15) is 5.60 Å². The summed E-state index contributed by atoms with van der Waals surface area (Å²) in [5.41, 5.74) is -2.04. The zero-order valence-electron chi connectivity index (χ0n) is 20.0. The Kier molecular flexibility index (Phi) is 7.96. The first kappa shape index (κ1) is 28.3. The second-order valence-electron chi connectivity index (χ2n) is 11.1. The predicted molar refractivity (Wildman–Crippen MR) is 127 cm³/mol. The number of carboxylic acids is 1. The number of rotatable bonds is 6. The van der Waals surface area contributed by atoms with E-state index in [9.17, 15) is 29.4 Å². The zero-order chi connectivity index (χ0) is 25.1. The van der Waals surface area contributed by atoms with Crippen molar-refractivity contribution in [1.82, 2.24) is 0 Å². The van der Waals surface area contributed by atoms with Crippen LogP contribution in [0.4, 0.5) is 0 Å². The van der Waals surface area contributed by atoms with Gasteiger partial charge in [-0.05, 0) is 55.6 Å². The third-order valence-electron chi connectivity index (χ3n) is 9.34. The first-order valence-corrected chi connectivity index (χ1v) is 12.1. The van der Waals surface area contributed by atoms with Gasteiger partial charge in [0.2, 0.25) is 5.78 Å². The molecule has 0 spiro atoms. The second-order valence-corrected chi connectivity index (χ2v) is 11.1. The number of ketones is 2. The molecule has 0 bridgehead atoms. The van der Waals surface area contributed by atoms with Crippen molar-refractivity contribution < 1.29 is 39.2 Å². The Morgan fingerprint density at radius 3 is 2.54 bits per heavy atom. The first-order valence-electron chi connectivity index (χ1n) is 12.1. The van der Waals surface area contributed by atoms with Gasteiger partial charge in [-0.1, -0.05) is 32.4 Å². The van der Waals surface area contributed by atoms with E-state index in [4.69, 9.17) is 9.84 Å². The molecule has 4 rings (SSSR count). The molecule has 4 aliphatic carbocycles. The average molecular weight is 499 g/mol. The van der Waals surface area contributed by atoms with Gasteiger partial charge in [-0.15, -0.1) is 0 Å². The molecule has 0 aromatic rings. The number of carboxylic acid groups (broad SMARTS) is 1. The van der Waals surface area contributed by atoms with E-state index in [1.54, 1.807) is 12.2 Å². The molecule has 188 valence electrons. The maximum atomic E-state index is 13.1. The van der Waals surface area contributed by atoms with Crippen molar-refractivity contribution in [2.45, 2.75) is 71.0 Å². The molecule has 9 heteroatoms. The van der Waals surface area contributed by atoms with Crippen molar-refractivity contribution in [3.8, 4) is 0 Å². The van der Waals surface area contributed by atoms with E-state index < -0.39 is 46.9 Å². The molecule has 0 aromatic heterocycles. The van der Waals surface area contributed by atoms with E-state index in [0.29, 0.717) is 6.42 Å². The van der Waals surface area contributed by atoms with Crippen LogP contribution in [-0.2, 0) is 23.9 Å². The Morgan fingerprint density at radius 2 is 1.89 bits per heavy atom. The van der Waals surface area contributed by atoms with E-state index in [2.05, 4.69) is 13.8 Å². The molecule has 3 fully saturated rings. The molecule has 0 unspecified atom stereocenters. The number of allylic oxidation sites excluding steroid dienone is 4. The van der Waals surface area contributed by atoms with Crippen LogP contribution in [0.15, 0.2) is 23.8 Å². The van der Waals surface area contributed by atoms with Gasteiger partial charge >= 0.3 is 41.5 Å². The van der Waals surface area contributed by atoms with Crippen molar-refractivity contribution in [2.75, 3.05) is 6.61 Å². The second kappa shape index (κ2) is 9.86. The Labute approximate surface area is 227 Å². The van der Waals surface area contributed by atoms with Gasteiger partial charge < -0.3 is 20.1 Å². The minimum atomic E-state index is -1.74. The van der Waals surface area contributed by atoms with Crippen LogP contribution in [0.2, 0.25) is 0 Å². The Hall–Kier alpha value is -1.32. The predicted octanol–water partition coefficient (Wildman–Crippen LogP) is 1.57. The van der Waals surface area contributed by atoms with Crippen molar-refractivity contribution in [3.05, 3.63) is 23.8 Å². The van der Waals surface area contributed by atoms with Gasteiger partial charge in [0.25, 0.3) is 0 Å². The molecule has 35 heavy (non-hydrogen) atoms. The molecule has 0 amide bonds.